The van der Waals surface area contributed by atoms with E-state index >= 15 is 0 Å². The number of rotatable bonds is 9. The van der Waals surface area contributed by atoms with Crippen molar-refractivity contribution in [1.82, 2.24) is 14.5 Å². The van der Waals surface area contributed by atoms with E-state index in [2.05, 4.69) is 74.5 Å². The Morgan fingerprint density at radius 1 is 0.619 bits per heavy atom. The van der Waals surface area contributed by atoms with Crippen LogP contribution in [-0.4, -0.2) is 19.6 Å². The molecule has 0 atom stereocenters. The number of benzene rings is 6. The topological polar surface area (TPSA) is 50.9 Å². The molecule has 0 amide bonds. The molecule has 4 nitrogen and oxygen atoms in total. The van der Waals surface area contributed by atoms with Gasteiger partial charge in [0.1, 0.15) is 11.6 Å². The van der Waals surface area contributed by atoms with Gasteiger partial charge in [0.05, 0.1) is 38.9 Å². The van der Waals surface area contributed by atoms with Gasteiger partial charge in [-0.2, -0.15) is 0 Å². The van der Waals surface area contributed by atoms with Gasteiger partial charge in [-0.3, -0.25) is 9.55 Å². The van der Waals surface area contributed by atoms with E-state index in [4.69, 9.17) is 14.6 Å². The third kappa shape index (κ3) is 8.24. The molecule has 0 aliphatic heterocycles. The Morgan fingerprint density at radius 3 is 2.00 bits per heavy atom. The molecule has 320 valence electrons. The highest BCUT2D eigenvalue weighted by Crippen LogP contribution is 2.47. The monoisotopic (exact) mass is 840 g/mol. The summed E-state index contributed by atoms with van der Waals surface area (Å²) < 4.78 is 90.2. The molecule has 1 N–H and O–H groups in total. The maximum atomic E-state index is 12.5. The molecule has 4 heteroatoms. The number of para-hydroxylation sites is 1. The molecule has 0 bridgehead atoms. The summed E-state index contributed by atoms with van der Waals surface area (Å²) >= 11 is 0. The summed E-state index contributed by atoms with van der Waals surface area (Å²) in [5, 5.41) is 12.5. The molecule has 0 spiro atoms. The summed E-state index contributed by atoms with van der Waals surface area (Å²) in [4.78, 5) is 9.97. The molecule has 0 unspecified atom stereocenters. The summed E-state index contributed by atoms with van der Waals surface area (Å²) in [5.74, 6) is -2.12. The van der Waals surface area contributed by atoms with Gasteiger partial charge in [-0.1, -0.05) is 174 Å². The first-order valence-electron chi connectivity index (χ1n) is 26.6. The van der Waals surface area contributed by atoms with E-state index in [-0.39, 0.29) is 39.4 Å². The molecular formula is C59H63N3O. The molecule has 2 aromatic heterocycles. The van der Waals surface area contributed by atoms with Crippen molar-refractivity contribution in [2.75, 3.05) is 0 Å². The minimum absolute atomic E-state index is 0.00962. The van der Waals surface area contributed by atoms with Gasteiger partial charge in [0.25, 0.3) is 0 Å². The van der Waals surface area contributed by atoms with Crippen LogP contribution < -0.4 is 0 Å². The van der Waals surface area contributed by atoms with Crippen LogP contribution in [0.25, 0.3) is 72.7 Å². The van der Waals surface area contributed by atoms with Crippen molar-refractivity contribution in [3.8, 4) is 67.5 Å². The van der Waals surface area contributed by atoms with Crippen molar-refractivity contribution in [2.45, 2.75) is 106 Å². The molecule has 0 saturated heterocycles. The molecule has 8 rings (SSSR count). The third-order valence-electron chi connectivity index (χ3n) is 12.8. The fourth-order valence-electron chi connectivity index (χ4n) is 7.94. The van der Waals surface area contributed by atoms with Gasteiger partial charge in [-0.15, -0.1) is 0 Å². The van der Waals surface area contributed by atoms with Gasteiger partial charge in [0.2, 0.25) is 0 Å². The van der Waals surface area contributed by atoms with E-state index in [0.717, 1.165) is 27.9 Å². The van der Waals surface area contributed by atoms with Crippen LogP contribution in [0.4, 0.5) is 0 Å². The number of imidazole rings is 1. The Kier molecular flexibility index (Phi) is 8.47. The first kappa shape index (κ1) is 32.4. The van der Waals surface area contributed by atoms with E-state index in [9.17, 15) is 9.22 Å². The SMILES string of the molecule is [2H]c1nc(-c2cc(-c3cccc4c3nc(-c3cc(C([2H])(C)C)cc(C([2H])(C)C)c3O)n4-c3ccc(C(C)(C)C(C)(C)C)cc3-c3ccccc3)cc(C(C)(C)C)c2)c([2H])c(-c2c([2H])c([2H])c([2H])c([2H])c2[2H])c1[2H]. The lowest BCUT2D eigenvalue weighted by Crippen LogP contribution is -2.34. The number of phenols is 1. The first-order valence-corrected chi connectivity index (χ1v) is 21.6. The zero-order valence-electron chi connectivity index (χ0n) is 48.5. The fraction of sp³-hybridized carbons (Fsp3) is 0.288. The average molecular weight is 840 g/mol. The predicted molar refractivity (Wildman–Crippen MR) is 267 cm³/mol. The van der Waals surface area contributed by atoms with Crippen molar-refractivity contribution in [2.24, 2.45) is 5.41 Å². The minimum atomic E-state index is -1.26. The maximum Gasteiger partial charge on any atom is 0.149 e. The predicted octanol–water partition coefficient (Wildman–Crippen LogP) is 16.3. The minimum Gasteiger partial charge on any atom is -0.507 e. The Labute approximate surface area is 389 Å². The second kappa shape index (κ2) is 16.5. The van der Waals surface area contributed by atoms with Crippen LogP contribution in [0.5, 0.6) is 5.75 Å². The highest BCUT2D eigenvalue weighted by molar-refractivity contribution is 5.98. The molecule has 0 saturated carbocycles. The standard InChI is InChI=1S/C59H63N3O/c1-37(2)42-33-48(38(3)4)55(63)50(34-42)56-61-54-47(43-30-44(32-46(31-43)57(5,6)7)51-35-41(28-29-60-51)39-20-15-13-16-21-39)24-19-25-53(54)62(56)52-27-26-45(59(11,12)58(8,9)10)36-49(52)40-22-17-14-18-23-40/h13-38,63H,1-12H3/i13D,15D,16D,20D,21D,28D,29D,35D,37D,38D. The van der Waals surface area contributed by atoms with Crippen molar-refractivity contribution < 1.29 is 18.8 Å². The van der Waals surface area contributed by atoms with Crippen LogP contribution >= 0.6 is 0 Å². The first-order chi connectivity index (χ1) is 33.7. The quantitative estimate of drug-likeness (QED) is 0.158. The Morgan fingerprint density at radius 2 is 1.33 bits per heavy atom. The Hall–Kier alpha value is -6.26. The van der Waals surface area contributed by atoms with Gasteiger partial charge >= 0.3 is 0 Å². The highest BCUT2D eigenvalue weighted by atomic mass is 16.3. The van der Waals surface area contributed by atoms with E-state index < -0.39 is 59.6 Å². The molecule has 0 fully saturated rings. The fourth-order valence-corrected chi connectivity index (χ4v) is 7.94. The summed E-state index contributed by atoms with van der Waals surface area (Å²) in [6.07, 6.45) is -0.528. The maximum absolute atomic E-state index is 12.5. The van der Waals surface area contributed by atoms with E-state index in [1.807, 2.05) is 75.4 Å². The van der Waals surface area contributed by atoms with Crippen molar-refractivity contribution in [1.29, 1.82) is 0 Å². The van der Waals surface area contributed by atoms with Gasteiger partial charge in [0.15, 0.2) is 0 Å². The molecule has 8 aromatic rings. The molecule has 0 radical (unpaired) electrons. The Balaban J connectivity index is 1.50. The second-order valence-corrected chi connectivity index (χ2v) is 19.6. The van der Waals surface area contributed by atoms with Crippen molar-refractivity contribution in [3.05, 3.63) is 168 Å². The van der Waals surface area contributed by atoms with Gasteiger partial charge in [0, 0.05) is 25.6 Å². The number of hydrogen-bond donors (Lipinski definition) is 1. The molecule has 6 aromatic carbocycles. The van der Waals surface area contributed by atoms with Crippen LogP contribution in [0.3, 0.4) is 0 Å². The number of aromatic hydroxyl groups is 1. The van der Waals surface area contributed by atoms with Gasteiger partial charge < -0.3 is 5.11 Å². The zero-order valence-corrected chi connectivity index (χ0v) is 38.5. The zero-order chi connectivity index (χ0) is 53.8. The molecule has 2 heterocycles. The summed E-state index contributed by atoms with van der Waals surface area (Å²) in [6, 6.07) is 27.8. The number of hydrogen-bond acceptors (Lipinski definition) is 3. The van der Waals surface area contributed by atoms with Crippen LogP contribution in [-0.2, 0) is 10.8 Å². The number of aromatic nitrogens is 3. The van der Waals surface area contributed by atoms with Gasteiger partial charge in [-0.05, 0) is 121 Å². The second-order valence-electron chi connectivity index (χ2n) is 19.6. The van der Waals surface area contributed by atoms with Gasteiger partial charge in [-0.25, -0.2) is 4.98 Å². The van der Waals surface area contributed by atoms with Crippen LogP contribution in [0.15, 0.2) is 146 Å². The van der Waals surface area contributed by atoms with E-state index in [1.54, 1.807) is 39.8 Å². The number of fused-ring (bicyclic) bond motifs is 1. The highest BCUT2D eigenvalue weighted by Gasteiger charge is 2.35. The number of pyridine rings is 1. The number of phenolic OH excluding ortho intramolecular Hbond substituents is 1. The molecule has 0 aliphatic rings. The molecule has 0 aliphatic carbocycles. The molecular weight excluding hydrogens is 767 g/mol. The van der Waals surface area contributed by atoms with Crippen molar-refractivity contribution >= 4 is 11.0 Å². The smallest absolute Gasteiger partial charge is 0.149 e. The van der Waals surface area contributed by atoms with E-state index in [1.165, 1.54) is 0 Å². The van der Waals surface area contributed by atoms with Crippen LogP contribution in [0.1, 0.15) is 131 Å². The lowest BCUT2D eigenvalue weighted by molar-refractivity contribution is 0.225. The third-order valence-corrected chi connectivity index (χ3v) is 12.8. The summed E-state index contributed by atoms with van der Waals surface area (Å²) in [7, 11) is 0. The van der Waals surface area contributed by atoms with E-state index in [0.29, 0.717) is 50.2 Å². The largest absolute Gasteiger partial charge is 0.507 e. The normalized spacial score (nSPS) is 15.0. The lowest BCUT2D eigenvalue weighted by Gasteiger charge is -2.40. The van der Waals surface area contributed by atoms with Crippen molar-refractivity contribution in [3.63, 3.8) is 0 Å². The summed E-state index contributed by atoms with van der Waals surface area (Å²) in [5.41, 5.74) is 7.39. The van der Waals surface area contributed by atoms with Crippen LogP contribution in [0.2, 0.25) is 0 Å². The van der Waals surface area contributed by atoms with Crippen LogP contribution in [0, 0.1) is 5.41 Å². The molecule has 63 heavy (non-hydrogen) atoms. The number of nitrogens with zero attached hydrogens (tertiary/aromatic N) is 3. The lowest BCUT2D eigenvalue weighted by atomic mass is 9.65. The average Bonchev–Trinajstić information content (AvgIpc) is 3.70. The summed E-state index contributed by atoms with van der Waals surface area (Å²) in [6.45, 7) is 24.3. The Bertz CT molecular complexity index is 3490.